The van der Waals surface area contributed by atoms with E-state index in [4.69, 9.17) is 0 Å². The van der Waals surface area contributed by atoms with Crippen molar-refractivity contribution < 1.29 is 8.42 Å². The average Bonchev–Trinajstić information content (AvgIpc) is 2.66. The van der Waals surface area contributed by atoms with Crippen molar-refractivity contribution in [3.05, 3.63) is 62.4 Å². The minimum absolute atomic E-state index is 0.153. The molecule has 0 bridgehead atoms. The molecule has 0 aliphatic heterocycles. The number of rotatable bonds is 9. The molecule has 29 heavy (non-hydrogen) atoms. The van der Waals surface area contributed by atoms with Crippen molar-refractivity contribution in [2.75, 3.05) is 24.1 Å². The Balaban J connectivity index is 2.03. The molecule has 1 aromatic heterocycles. The highest BCUT2D eigenvalue weighted by Crippen LogP contribution is 2.22. The van der Waals surface area contributed by atoms with Crippen molar-refractivity contribution in [3.63, 3.8) is 0 Å². The molecule has 160 valence electrons. The van der Waals surface area contributed by atoms with E-state index in [1.807, 2.05) is 12.1 Å². The van der Waals surface area contributed by atoms with Crippen LogP contribution >= 0.6 is 0 Å². The zero-order valence-corrected chi connectivity index (χ0v) is 18.5. The highest BCUT2D eigenvalue weighted by molar-refractivity contribution is 7.92. The lowest BCUT2D eigenvalue weighted by atomic mass is 10.1. The molecular formula is C20H30N4O4S. The fraction of sp³-hybridized carbons (Fsp3) is 0.500. The first-order valence-electron chi connectivity index (χ1n) is 9.61. The Bertz CT molecular complexity index is 1060. The topological polar surface area (TPSA) is 93.4 Å². The predicted molar refractivity (Wildman–Crippen MR) is 116 cm³/mol. The molecule has 0 saturated heterocycles. The number of aryl methyl sites for hydroxylation is 1. The van der Waals surface area contributed by atoms with Crippen LogP contribution in [-0.2, 0) is 30.5 Å². The summed E-state index contributed by atoms with van der Waals surface area (Å²) < 4.78 is 27.8. The first-order chi connectivity index (χ1) is 13.5. The maximum absolute atomic E-state index is 12.0. The Morgan fingerprint density at radius 3 is 2.28 bits per heavy atom. The number of benzene rings is 1. The fourth-order valence-corrected chi connectivity index (χ4v) is 3.93. The number of anilines is 1. The maximum atomic E-state index is 12.0. The van der Waals surface area contributed by atoms with E-state index in [1.54, 1.807) is 19.2 Å². The van der Waals surface area contributed by atoms with Gasteiger partial charge in [0.05, 0.1) is 6.26 Å². The van der Waals surface area contributed by atoms with Crippen LogP contribution in [0, 0.1) is 0 Å². The second kappa shape index (κ2) is 9.41. The molecule has 2 rings (SSSR count). The summed E-state index contributed by atoms with van der Waals surface area (Å²) in [6, 6.07) is 9.04. The van der Waals surface area contributed by atoms with E-state index in [-0.39, 0.29) is 17.3 Å². The molecule has 1 atom stereocenters. The van der Waals surface area contributed by atoms with Gasteiger partial charge in [-0.2, -0.15) is 0 Å². The molecule has 0 fully saturated rings. The van der Waals surface area contributed by atoms with Crippen LogP contribution in [0.3, 0.4) is 0 Å². The number of sulfonamides is 1. The molecule has 8 nitrogen and oxygen atoms in total. The summed E-state index contributed by atoms with van der Waals surface area (Å²) in [4.78, 5) is 26.2. The monoisotopic (exact) mass is 422 g/mol. The number of hydrogen-bond donors (Lipinski definition) is 1. The van der Waals surface area contributed by atoms with Gasteiger partial charge in [-0.3, -0.25) is 19.0 Å². The second-order valence-corrected chi connectivity index (χ2v) is 9.03. The molecule has 0 amide bonds. The molecule has 0 spiro atoms. The summed E-state index contributed by atoms with van der Waals surface area (Å²) in [6.07, 6.45) is 2.58. The largest absolute Gasteiger partial charge is 0.330 e. The van der Waals surface area contributed by atoms with E-state index in [1.165, 1.54) is 17.7 Å². The van der Waals surface area contributed by atoms with Gasteiger partial charge in [-0.1, -0.05) is 19.1 Å². The SMILES string of the molecule is CCN(CCCc1cc(=O)n(C)c(=O)n1C)C(C)c1ccc(NS(C)(=O)=O)cc1. The molecular weight excluding hydrogens is 392 g/mol. The third-order valence-corrected chi connectivity index (χ3v) is 5.76. The van der Waals surface area contributed by atoms with E-state index in [2.05, 4.69) is 23.5 Å². The first kappa shape index (κ1) is 22.9. The molecule has 0 radical (unpaired) electrons. The van der Waals surface area contributed by atoms with Crippen molar-refractivity contribution >= 4 is 15.7 Å². The van der Waals surface area contributed by atoms with Gasteiger partial charge >= 0.3 is 5.69 Å². The Labute approximate surface area is 171 Å². The van der Waals surface area contributed by atoms with Gasteiger partial charge in [-0.25, -0.2) is 13.2 Å². The normalized spacial score (nSPS) is 12.9. The lowest BCUT2D eigenvalue weighted by Crippen LogP contribution is -2.38. The Morgan fingerprint density at radius 2 is 1.72 bits per heavy atom. The summed E-state index contributed by atoms with van der Waals surface area (Å²) >= 11 is 0. The van der Waals surface area contributed by atoms with Crippen molar-refractivity contribution in [2.45, 2.75) is 32.7 Å². The van der Waals surface area contributed by atoms with E-state index >= 15 is 0 Å². The lowest BCUT2D eigenvalue weighted by molar-refractivity contribution is 0.219. The minimum atomic E-state index is -3.29. The zero-order chi connectivity index (χ0) is 21.8. The third kappa shape index (κ3) is 6.04. The summed E-state index contributed by atoms with van der Waals surface area (Å²) in [5.41, 5.74) is 1.77. The Kier molecular flexibility index (Phi) is 7.43. The van der Waals surface area contributed by atoms with E-state index in [0.29, 0.717) is 12.1 Å². The molecule has 1 heterocycles. The van der Waals surface area contributed by atoms with Gasteiger partial charge < -0.3 is 4.57 Å². The van der Waals surface area contributed by atoms with Gasteiger partial charge in [0.15, 0.2) is 0 Å². The zero-order valence-electron chi connectivity index (χ0n) is 17.7. The molecule has 1 N–H and O–H groups in total. The van der Waals surface area contributed by atoms with Crippen LogP contribution in [0.5, 0.6) is 0 Å². The number of hydrogen-bond acceptors (Lipinski definition) is 5. The molecule has 0 aliphatic rings. The molecule has 0 saturated carbocycles. The number of nitrogens with zero attached hydrogens (tertiary/aromatic N) is 3. The van der Waals surface area contributed by atoms with Gasteiger partial charge in [-0.05, 0) is 50.6 Å². The lowest BCUT2D eigenvalue weighted by Gasteiger charge is -2.28. The first-order valence-corrected chi connectivity index (χ1v) is 11.5. The van der Waals surface area contributed by atoms with Crippen LogP contribution in [0.1, 0.15) is 37.6 Å². The highest BCUT2D eigenvalue weighted by atomic mass is 32.2. The van der Waals surface area contributed by atoms with Crippen LogP contribution in [0.15, 0.2) is 39.9 Å². The molecule has 1 unspecified atom stereocenters. The van der Waals surface area contributed by atoms with Crippen LogP contribution in [-0.4, -0.2) is 41.8 Å². The van der Waals surface area contributed by atoms with E-state index in [9.17, 15) is 18.0 Å². The average molecular weight is 423 g/mol. The van der Waals surface area contributed by atoms with Crippen molar-refractivity contribution in [2.24, 2.45) is 14.1 Å². The molecule has 2 aromatic rings. The Hall–Kier alpha value is -2.39. The summed E-state index contributed by atoms with van der Waals surface area (Å²) in [6.45, 7) is 5.85. The van der Waals surface area contributed by atoms with Crippen LogP contribution in [0.2, 0.25) is 0 Å². The number of aromatic nitrogens is 2. The quantitative estimate of drug-likeness (QED) is 0.661. The third-order valence-electron chi connectivity index (χ3n) is 5.15. The standard InChI is InChI=1S/C20H30N4O4S/c1-6-24(13-7-8-18-14-19(25)23(4)20(26)22(18)3)15(2)16-9-11-17(12-10-16)21-29(5,27)28/h9-12,14-15,21H,6-8,13H2,1-5H3. The van der Waals surface area contributed by atoms with E-state index < -0.39 is 10.0 Å². The van der Waals surface area contributed by atoms with E-state index in [0.717, 1.165) is 41.6 Å². The van der Waals surface area contributed by atoms with Crippen LogP contribution in [0.25, 0.3) is 0 Å². The summed E-state index contributed by atoms with van der Waals surface area (Å²) in [7, 11) is -0.129. The van der Waals surface area contributed by atoms with Crippen LogP contribution < -0.4 is 16.0 Å². The van der Waals surface area contributed by atoms with Gasteiger partial charge in [0.1, 0.15) is 0 Å². The molecule has 9 heteroatoms. The second-order valence-electron chi connectivity index (χ2n) is 7.28. The van der Waals surface area contributed by atoms with Gasteiger partial charge in [0, 0.05) is 37.6 Å². The van der Waals surface area contributed by atoms with Crippen molar-refractivity contribution in [1.29, 1.82) is 0 Å². The number of nitrogens with one attached hydrogen (secondary N) is 1. The fourth-order valence-electron chi connectivity index (χ4n) is 3.36. The minimum Gasteiger partial charge on any atom is -0.301 e. The van der Waals surface area contributed by atoms with Gasteiger partial charge in [0.25, 0.3) is 5.56 Å². The van der Waals surface area contributed by atoms with Gasteiger partial charge in [0.2, 0.25) is 10.0 Å². The van der Waals surface area contributed by atoms with Crippen molar-refractivity contribution in [1.82, 2.24) is 14.0 Å². The molecule has 1 aromatic carbocycles. The summed E-state index contributed by atoms with van der Waals surface area (Å²) in [5.74, 6) is 0. The predicted octanol–water partition coefficient (Wildman–Crippen LogP) is 1.47. The Morgan fingerprint density at radius 1 is 1.10 bits per heavy atom. The van der Waals surface area contributed by atoms with Crippen LogP contribution in [0.4, 0.5) is 5.69 Å². The smallest absolute Gasteiger partial charge is 0.301 e. The maximum Gasteiger partial charge on any atom is 0.330 e. The highest BCUT2D eigenvalue weighted by Gasteiger charge is 2.15. The summed E-state index contributed by atoms with van der Waals surface area (Å²) in [5, 5.41) is 0. The van der Waals surface area contributed by atoms with Crippen molar-refractivity contribution in [3.8, 4) is 0 Å². The molecule has 0 aliphatic carbocycles. The van der Waals surface area contributed by atoms with Gasteiger partial charge in [-0.15, -0.1) is 0 Å².